The Morgan fingerprint density at radius 2 is 1.95 bits per heavy atom. The highest BCUT2D eigenvalue weighted by Gasteiger charge is 2.32. The molecule has 1 saturated carbocycles. The van der Waals surface area contributed by atoms with E-state index in [1.807, 2.05) is 13.0 Å². The number of rotatable bonds is 2. The lowest BCUT2D eigenvalue weighted by Gasteiger charge is -2.43. The average Bonchev–Trinajstić information content (AvgIpc) is 2.46. The van der Waals surface area contributed by atoms with Gasteiger partial charge < -0.3 is 10.6 Å². The maximum atomic E-state index is 14.3. The molecule has 2 aliphatic rings. The molecular formula is C17H25FN2. The van der Waals surface area contributed by atoms with Crippen LogP contribution in [0.5, 0.6) is 0 Å². The van der Waals surface area contributed by atoms with Crippen LogP contribution < -0.4 is 10.6 Å². The number of fused-ring (bicyclic) bond motifs is 1. The molecule has 1 aliphatic heterocycles. The number of benzene rings is 1. The van der Waals surface area contributed by atoms with Gasteiger partial charge in [0.15, 0.2) is 0 Å². The second-order valence-electron chi connectivity index (χ2n) is 6.51. The molecule has 2 N–H and O–H groups in total. The highest BCUT2D eigenvalue weighted by molar-refractivity contribution is 5.56. The van der Waals surface area contributed by atoms with Crippen molar-refractivity contribution >= 4 is 5.69 Å². The largest absolute Gasteiger partial charge is 0.369 e. The van der Waals surface area contributed by atoms with E-state index in [1.165, 1.54) is 32.1 Å². The number of para-hydroxylation sites is 1. The van der Waals surface area contributed by atoms with E-state index in [2.05, 4.69) is 4.90 Å². The Labute approximate surface area is 121 Å². The summed E-state index contributed by atoms with van der Waals surface area (Å²) in [7, 11) is 0. The molecule has 1 heterocycles. The Kier molecular flexibility index (Phi) is 3.97. The maximum Gasteiger partial charge on any atom is 0.146 e. The first-order valence-electron chi connectivity index (χ1n) is 7.95. The monoisotopic (exact) mass is 276 g/mol. The third-order valence-electron chi connectivity index (χ3n) is 5.12. The van der Waals surface area contributed by atoms with Crippen LogP contribution in [0.15, 0.2) is 18.2 Å². The molecule has 0 aromatic heterocycles. The van der Waals surface area contributed by atoms with Gasteiger partial charge in [-0.2, -0.15) is 0 Å². The van der Waals surface area contributed by atoms with Crippen molar-refractivity contribution in [3.8, 4) is 0 Å². The van der Waals surface area contributed by atoms with Gasteiger partial charge in [-0.1, -0.05) is 31.4 Å². The van der Waals surface area contributed by atoms with Gasteiger partial charge in [-0.3, -0.25) is 0 Å². The van der Waals surface area contributed by atoms with Crippen molar-refractivity contribution in [3.63, 3.8) is 0 Å². The molecular weight excluding hydrogens is 251 g/mol. The SMILES string of the molecule is CC(N)c1cccc(F)c1N1CCC2CCCCC2C1. The molecule has 110 valence electrons. The van der Waals surface area contributed by atoms with Crippen LogP contribution in [0.3, 0.4) is 0 Å². The summed E-state index contributed by atoms with van der Waals surface area (Å²) < 4.78 is 14.3. The zero-order valence-electron chi connectivity index (χ0n) is 12.3. The minimum atomic E-state index is -0.121. The predicted octanol–water partition coefficient (Wildman–Crippen LogP) is 3.86. The number of hydrogen-bond acceptors (Lipinski definition) is 2. The van der Waals surface area contributed by atoms with Crippen LogP contribution in [0.25, 0.3) is 0 Å². The van der Waals surface area contributed by atoms with Crippen molar-refractivity contribution in [2.75, 3.05) is 18.0 Å². The normalized spacial score (nSPS) is 28.1. The topological polar surface area (TPSA) is 29.3 Å². The van der Waals surface area contributed by atoms with Gasteiger partial charge in [0.2, 0.25) is 0 Å². The first kappa shape index (κ1) is 13.9. The van der Waals surface area contributed by atoms with E-state index in [1.54, 1.807) is 12.1 Å². The van der Waals surface area contributed by atoms with Gasteiger partial charge in [0.1, 0.15) is 5.82 Å². The summed E-state index contributed by atoms with van der Waals surface area (Å²) in [5.74, 6) is 1.50. The first-order valence-corrected chi connectivity index (χ1v) is 7.95. The molecule has 3 heteroatoms. The number of nitrogens with zero attached hydrogens (tertiary/aromatic N) is 1. The molecule has 0 amide bonds. The number of nitrogens with two attached hydrogens (primary N) is 1. The molecule has 1 aromatic carbocycles. The van der Waals surface area contributed by atoms with E-state index in [9.17, 15) is 4.39 Å². The fourth-order valence-electron chi connectivity index (χ4n) is 4.04. The van der Waals surface area contributed by atoms with Crippen molar-refractivity contribution in [2.45, 2.75) is 45.1 Å². The van der Waals surface area contributed by atoms with Gasteiger partial charge >= 0.3 is 0 Å². The van der Waals surface area contributed by atoms with Gasteiger partial charge in [-0.25, -0.2) is 4.39 Å². The molecule has 1 aromatic rings. The molecule has 20 heavy (non-hydrogen) atoms. The van der Waals surface area contributed by atoms with Crippen molar-refractivity contribution in [3.05, 3.63) is 29.6 Å². The number of anilines is 1. The van der Waals surface area contributed by atoms with Crippen LogP contribution >= 0.6 is 0 Å². The fourth-order valence-corrected chi connectivity index (χ4v) is 4.04. The van der Waals surface area contributed by atoms with Gasteiger partial charge in [0, 0.05) is 19.1 Å². The quantitative estimate of drug-likeness (QED) is 0.888. The summed E-state index contributed by atoms with van der Waals surface area (Å²) in [5, 5.41) is 0. The molecule has 2 nitrogen and oxygen atoms in total. The fraction of sp³-hybridized carbons (Fsp3) is 0.647. The van der Waals surface area contributed by atoms with Crippen LogP contribution in [0.4, 0.5) is 10.1 Å². The van der Waals surface area contributed by atoms with E-state index >= 15 is 0 Å². The lowest BCUT2D eigenvalue weighted by molar-refractivity contribution is 0.202. The zero-order chi connectivity index (χ0) is 14.1. The minimum Gasteiger partial charge on any atom is -0.369 e. The van der Waals surface area contributed by atoms with E-state index in [4.69, 9.17) is 5.73 Å². The summed E-state index contributed by atoms with van der Waals surface area (Å²) >= 11 is 0. The second-order valence-corrected chi connectivity index (χ2v) is 6.51. The van der Waals surface area contributed by atoms with Crippen molar-refractivity contribution in [2.24, 2.45) is 17.6 Å². The minimum absolute atomic E-state index is 0.117. The van der Waals surface area contributed by atoms with Crippen molar-refractivity contribution in [1.82, 2.24) is 0 Å². The Morgan fingerprint density at radius 1 is 1.20 bits per heavy atom. The van der Waals surface area contributed by atoms with Crippen LogP contribution in [-0.2, 0) is 0 Å². The molecule has 1 aliphatic carbocycles. The Morgan fingerprint density at radius 3 is 2.70 bits per heavy atom. The summed E-state index contributed by atoms with van der Waals surface area (Å²) in [5.41, 5.74) is 7.73. The molecule has 3 unspecified atom stereocenters. The third-order valence-corrected chi connectivity index (χ3v) is 5.12. The number of hydrogen-bond donors (Lipinski definition) is 1. The maximum absolute atomic E-state index is 14.3. The lowest BCUT2D eigenvalue weighted by Crippen LogP contribution is -2.42. The van der Waals surface area contributed by atoms with E-state index < -0.39 is 0 Å². The highest BCUT2D eigenvalue weighted by atomic mass is 19.1. The van der Waals surface area contributed by atoms with Gasteiger partial charge in [-0.05, 0) is 43.2 Å². The smallest absolute Gasteiger partial charge is 0.146 e. The lowest BCUT2D eigenvalue weighted by atomic mass is 9.75. The van der Waals surface area contributed by atoms with E-state index in [0.29, 0.717) is 0 Å². The zero-order valence-corrected chi connectivity index (χ0v) is 12.3. The molecule has 0 spiro atoms. The summed E-state index contributed by atoms with van der Waals surface area (Å²) in [6.07, 6.45) is 6.61. The number of halogens is 1. The molecule has 3 rings (SSSR count). The van der Waals surface area contributed by atoms with Gasteiger partial charge in [0.25, 0.3) is 0 Å². The van der Waals surface area contributed by atoms with Gasteiger partial charge in [0.05, 0.1) is 5.69 Å². The number of piperidine rings is 1. The molecule has 0 radical (unpaired) electrons. The van der Waals surface area contributed by atoms with Crippen molar-refractivity contribution in [1.29, 1.82) is 0 Å². The van der Waals surface area contributed by atoms with Crippen LogP contribution in [0.2, 0.25) is 0 Å². The Balaban J connectivity index is 1.86. The third kappa shape index (κ3) is 2.56. The Bertz CT molecular complexity index is 472. The van der Waals surface area contributed by atoms with E-state index in [-0.39, 0.29) is 11.9 Å². The molecule has 2 fully saturated rings. The average molecular weight is 276 g/mol. The highest BCUT2D eigenvalue weighted by Crippen LogP contribution is 2.39. The summed E-state index contributed by atoms with van der Waals surface area (Å²) in [4.78, 5) is 2.25. The predicted molar refractivity (Wildman–Crippen MR) is 81.3 cm³/mol. The van der Waals surface area contributed by atoms with Crippen LogP contribution in [0.1, 0.15) is 50.6 Å². The Hall–Kier alpha value is -1.09. The molecule has 0 bridgehead atoms. The van der Waals surface area contributed by atoms with Gasteiger partial charge in [-0.15, -0.1) is 0 Å². The molecule has 1 saturated heterocycles. The second kappa shape index (κ2) is 5.72. The first-order chi connectivity index (χ1) is 9.66. The molecule has 3 atom stereocenters. The van der Waals surface area contributed by atoms with Crippen LogP contribution in [0, 0.1) is 17.7 Å². The summed E-state index contributed by atoms with van der Waals surface area (Å²) in [6.45, 7) is 3.92. The standard InChI is InChI=1S/C17H25FN2/c1-12(19)15-7-4-8-16(18)17(15)20-10-9-13-5-2-3-6-14(13)11-20/h4,7-8,12-14H,2-3,5-6,9-11,19H2,1H3. The van der Waals surface area contributed by atoms with Crippen LogP contribution in [-0.4, -0.2) is 13.1 Å². The van der Waals surface area contributed by atoms with E-state index in [0.717, 1.165) is 36.2 Å². The van der Waals surface area contributed by atoms with Crippen molar-refractivity contribution < 1.29 is 4.39 Å². The summed E-state index contributed by atoms with van der Waals surface area (Å²) in [6, 6.07) is 5.18.